The molecule has 14 heavy (non-hydrogen) atoms. The number of nitrogens with zero attached hydrogens (tertiary/aromatic N) is 1. The van der Waals surface area contributed by atoms with Crippen LogP contribution >= 0.6 is 23.2 Å². The number of pyridine rings is 1. The van der Waals surface area contributed by atoms with Gasteiger partial charge >= 0.3 is 0 Å². The zero-order valence-electron chi connectivity index (χ0n) is 7.38. The molecule has 0 spiro atoms. The lowest BCUT2D eigenvalue weighted by Crippen LogP contribution is -2.25. The van der Waals surface area contributed by atoms with Crippen LogP contribution in [0.3, 0.4) is 0 Å². The number of halogens is 2. The molecule has 1 N–H and O–H groups in total. The summed E-state index contributed by atoms with van der Waals surface area (Å²) >= 11 is 11.2. The van der Waals surface area contributed by atoms with Gasteiger partial charge in [-0.3, -0.25) is 4.79 Å². The molecular formula is C8H8Cl2N2O2. The maximum atomic E-state index is 11.4. The van der Waals surface area contributed by atoms with Crippen molar-refractivity contribution < 1.29 is 9.53 Å². The second-order valence-electron chi connectivity index (χ2n) is 2.44. The third-order valence-electron chi connectivity index (χ3n) is 1.40. The normalized spacial score (nSPS) is 9.93. The Hall–Kier alpha value is -0.840. The molecule has 0 aliphatic rings. The first-order valence-corrected chi connectivity index (χ1v) is 4.49. The average molecular weight is 235 g/mol. The SMILES string of the molecule is COCNC(=O)c1cc(Cl)nc(Cl)c1. The molecule has 1 aromatic rings. The highest BCUT2D eigenvalue weighted by molar-refractivity contribution is 6.33. The van der Waals surface area contributed by atoms with Crippen LogP contribution in [0.25, 0.3) is 0 Å². The molecule has 76 valence electrons. The number of amides is 1. The van der Waals surface area contributed by atoms with Gasteiger partial charge in [0.25, 0.3) is 5.91 Å². The molecule has 1 amide bonds. The van der Waals surface area contributed by atoms with E-state index in [9.17, 15) is 4.79 Å². The van der Waals surface area contributed by atoms with E-state index in [1.54, 1.807) is 0 Å². The van der Waals surface area contributed by atoms with Crippen LogP contribution in [0.5, 0.6) is 0 Å². The Balaban J connectivity index is 2.79. The molecule has 4 nitrogen and oxygen atoms in total. The Bertz CT molecular complexity index is 324. The number of ether oxygens (including phenoxy) is 1. The molecule has 1 aromatic heterocycles. The summed E-state index contributed by atoms with van der Waals surface area (Å²) in [6.45, 7) is 0.135. The first kappa shape index (κ1) is 11.2. The molecule has 1 rings (SSSR count). The van der Waals surface area contributed by atoms with Crippen LogP contribution in [0.15, 0.2) is 12.1 Å². The minimum absolute atomic E-state index is 0.135. The first-order chi connectivity index (χ1) is 6.63. The molecule has 0 fully saturated rings. The topological polar surface area (TPSA) is 51.2 Å². The van der Waals surface area contributed by atoms with Crippen LogP contribution in [0.2, 0.25) is 10.3 Å². The first-order valence-electron chi connectivity index (χ1n) is 3.73. The molecule has 0 atom stereocenters. The highest BCUT2D eigenvalue weighted by atomic mass is 35.5. The molecule has 1 heterocycles. The monoisotopic (exact) mass is 234 g/mol. The second-order valence-corrected chi connectivity index (χ2v) is 3.21. The van der Waals surface area contributed by atoms with Gasteiger partial charge in [0.1, 0.15) is 17.0 Å². The predicted molar refractivity (Wildman–Crippen MR) is 53.6 cm³/mol. The summed E-state index contributed by atoms with van der Waals surface area (Å²) in [6, 6.07) is 2.86. The van der Waals surface area contributed by atoms with Crippen molar-refractivity contribution in [3.05, 3.63) is 28.0 Å². The van der Waals surface area contributed by atoms with Crippen LogP contribution in [0.1, 0.15) is 10.4 Å². The van der Waals surface area contributed by atoms with Gasteiger partial charge in [-0.1, -0.05) is 23.2 Å². The zero-order chi connectivity index (χ0) is 10.6. The van der Waals surface area contributed by atoms with Crippen molar-refractivity contribution in [3.8, 4) is 0 Å². The van der Waals surface area contributed by atoms with Gasteiger partial charge in [-0.05, 0) is 12.1 Å². The number of hydrogen-bond acceptors (Lipinski definition) is 3. The number of carbonyl (C=O) groups is 1. The highest BCUT2D eigenvalue weighted by Gasteiger charge is 2.07. The number of methoxy groups -OCH3 is 1. The van der Waals surface area contributed by atoms with Crippen LogP contribution in [-0.4, -0.2) is 24.7 Å². The molecule has 0 saturated heterocycles. The molecule has 6 heteroatoms. The van der Waals surface area contributed by atoms with E-state index in [-0.39, 0.29) is 22.9 Å². The molecule has 0 aromatic carbocycles. The minimum Gasteiger partial charge on any atom is -0.364 e. The van der Waals surface area contributed by atoms with Crippen molar-refractivity contribution in [1.29, 1.82) is 0 Å². The summed E-state index contributed by atoms with van der Waals surface area (Å²) in [6.07, 6.45) is 0. The summed E-state index contributed by atoms with van der Waals surface area (Å²) in [5.74, 6) is -0.307. The standard InChI is InChI=1S/C8H8Cl2N2O2/c1-14-4-11-8(13)5-2-6(9)12-7(10)3-5/h2-3H,4H2,1H3,(H,11,13). The lowest BCUT2D eigenvalue weighted by Gasteiger charge is -2.03. The second kappa shape index (κ2) is 5.14. The van der Waals surface area contributed by atoms with Crippen LogP contribution in [-0.2, 0) is 4.74 Å². The van der Waals surface area contributed by atoms with Gasteiger partial charge in [-0.25, -0.2) is 4.98 Å². The summed E-state index contributed by atoms with van der Waals surface area (Å²) < 4.78 is 4.68. The molecule has 0 aliphatic carbocycles. The summed E-state index contributed by atoms with van der Waals surface area (Å²) in [4.78, 5) is 15.1. The van der Waals surface area contributed by atoms with Gasteiger partial charge in [-0.15, -0.1) is 0 Å². The van der Waals surface area contributed by atoms with Crippen LogP contribution in [0, 0.1) is 0 Å². The smallest absolute Gasteiger partial charge is 0.253 e. The van der Waals surface area contributed by atoms with Gasteiger partial charge in [0.05, 0.1) is 0 Å². The lowest BCUT2D eigenvalue weighted by molar-refractivity contribution is 0.0872. The fraction of sp³-hybridized carbons (Fsp3) is 0.250. The number of aromatic nitrogens is 1. The Morgan fingerprint density at radius 2 is 2.07 bits per heavy atom. The lowest BCUT2D eigenvalue weighted by atomic mass is 10.2. The molecule has 0 unspecified atom stereocenters. The van der Waals surface area contributed by atoms with Crippen molar-refractivity contribution >= 4 is 29.1 Å². The van der Waals surface area contributed by atoms with Gasteiger partial charge < -0.3 is 10.1 Å². The van der Waals surface area contributed by atoms with E-state index in [4.69, 9.17) is 23.2 Å². The van der Waals surface area contributed by atoms with Gasteiger partial charge in [0, 0.05) is 12.7 Å². The molecule has 0 saturated carbocycles. The Morgan fingerprint density at radius 3 is 2.57 bits per heavy atom. The quantitative estimate of drug-likeness (QED) is 0.641. The van der Waals surface area contributed by atoms with Gasteiger partial charge in [0.15, 0.2) is 0 Å². The van der Waals surface area contributed by atoms with E-state index >= 15 is 0 Å². The fourth-order valence-electron chi connectivity index (χ4n) is 0.836. The molecule has 0 radical (unpaired) electrons. The molecule has 0 aliphatic heterocycles. The average Bonchev–Trinajstić information content (AvgIpc) is 2.12. The van der Waals surface area contributed by atoms with E-state index in [2.05, 4.69) is 15.0 Å². The van der Waals surface area contributed by atoms with E-state index < -0.39 is 0 Å². The van der Waals surface area contributed by atoms with Gasteiger partial charge in [-0.2, -0.15) is 0 Å². The third kappa shape index (κ3) is 3.14. The Morgan fingerprint density at radius 1 is 1.50 bits per heavy atom. The number of hydrogen-bond donors (Lipinski definition) is 1. The van der Waals surface area contributed by atoms with Crippen molar-refractivity contribution in [1.82, 2.24) is 10.3 Å². The number of rotatable bonds is 3. The van der Waals surface area contributed by atoms with Gasteiger partial charge in [0.2, 0.25) is 0 Å². The van der Waals surface area contributed by atoms with Crippen molar-refractivity contribution in [2.45, 2.75) is 0 Å². The maximum Gasteiger partial charge on any atom is 0.253 e. The number of nitrogens with one attached hydrogen (secondary N) is 1. The van der Waals surface area contributed by atoms with Crippen LogP contribution in [0.4, 0.5) is 0 Å². The van der Waals surface area contributed by atoms with E-state index in [0.717, 1.165) is 0 Å². The van der Waals surface area contributed by atoms with Crippen molar-refractivity contribution in [2.24, 2.45) is 0 Å². The summed E-state index contributed by atoms with van der Waals surface area (Å²) in [5.41, 5.74) is 0.354. The zero-order valence-corrected chi connectivity index (χ0v) is 8.89. The summed E-state index contributed by atoms with van der Waals surface area (Å²) in [7, 11) is 1.48. The van der Waals surface area contributed by atoms with Crippen molar-refractivity contribution in [2.75, 3.05) is 13.8 Å². The van der Waals surface area contributed by atoms with E-state index in [1.807, 2.05) is 0 Å². The van der Waals surface area contributed by atoms with E-state index in [1.165, 1.54) is 19.2 Å². The number of carbonyl (C=O) groups excluding carboxylic acids is 1. The minimum atomic E-state index is -0.307. The Kier molecular flexibility index (Phi) is 4.13. The fourth-order valence-corrected chi connectivity index (χ4v) is 1.30. The molecule has 0 bridgehead atoms. The largest absolute Gasteiger partial charge is 0.364 e. The Labute approximate surface area is 91.2 Å². The summed E-state index contributed by atoms with van der Waals surface area (Å²) in [5, 5.41) is 2.86. The van der Waals surface area contributed by atoms with E-state index in [0.29, 0.717) is 5.56 Å². The van der Waals surface area contributed by atoms with Crippen molar-refractivity contribution in [3.63, 3.8) is 0 Å². The third-order valence-corrected chi connectivity index (χ3v) is 1.79. The molecular weight excluding hydrogens is 227 g/mol. The highest BCUT2D eigenvalue weighted by Crippen LogP contribution is 2.14. The predicted octanol–water partition coefficient (Wildman–Crippen LogP) is 1.72. The maximum absolute atomic E-state index is 11.4. The van der Waals surface area contributed by atoms with Crippen LogP contribution < -0.4 is 5.32 Å².